The molecule has 0 aliphatic carbocycles. The van der Waals surface area contributed by atoms with Gasteiger partial charge in [0, 0.05) is 24.3 Å². The molecule has 2 aliphatic heterocycles. The maximum Gasteiger partial charge on any atom is 0.352 e. The number of esters is 1. The molecule has 0 radical (unpaired) electrons. The van der Waals surface area contributed by atoms with Gasteiger partial charge in [-0.25, -0.2) is 4.79 Å². The van der Waals surface area contributed by atoms with Gasteiger partial charge < -0.3 is 15.2 Å². The molecule has 0 spiro atoms. The zero-order valence-electron chi connectivity index (χ0n) is 15.0. The molecule has 0 aromatic heterocycles. The Morgan fingerprint density at radius 1 is 1.32 bits per heavy atom. The summed E-state index contributed by atoms with van der Waals surface area (Å²) in [6.07, 6.45) is 2.96. The van der Waals surface area contributed by atoms with Gasteiger partial charge in [0.1, 0.15) is 23.7 Å². The van der Waals surface area contributed by atoms with Crippen molar-refractivity contribution in [1.82, 2.24) is 10.2 Å². The summed E-state index contributed by atoms with van der Waals surface area (Å²) in [7, 11) is 0. The van der Waals surface area contributed by atoms with Gasteiger partial charge in [0.25, 0.3) is 5.91 Å². The third kappa shape index (κ3) is 4.09. The number of carboxylic acid groups (broad SMARTS) is 1. The van der Waals surface area contributed by atoms with Crippen molar-refractivity contribution in [2.24, 2.45) is 0 Å². The van der Waals surface area contributed by atoms with Gasteiger partial charge in [-0.05, 0) is 11.6 Å². The van der Waals surface area contributed by atoms with Crippen LogP contribution in [0, 0.1) is 0 Å². The first-order chi connectivity index (χ1) is 13.4. The Bertz CT molecular complexity index is 880. The van der Waals surface area contributed by atoms with E-state index in [1.807, 2.05) is 30.3 Å². The Hall–Kier alpha value is -3.07. The third-order valence-electron chi connectivity index (χ3n) is 4.22. The van der Waals surface area contributed by atoms with E-state index < -0.39 is 35.2 Å². The second kappa shape index (κ2) is 8.30. The van der Waals surface area contributed by atoms with Crippen LogP contribution in [0.4, 0.5) is 0 Å². The van der Waals surface area contributed by atoms with Gasteiger partial charge in [-0.1, -0.05) is 30.3 Å². The van der Waals surface area contributed by atoms with Gasteiger partial charge >= 0.3 is 11.9 Å². The molecule has 2 heterocycles. The van der Waals surface area contributed by atoms with Gasteiger partial charge in [0.05, 0.1) is 0 Å². The first-order valence-corrected chi connectivity index (χ1v) is 9.50. The van der Waals surface area contributed by atoms with Gasteiger partial charge in [-0.2, -0.15) is 0 Å². The van der Waals surface area contributed by atoms with E-state index in [-0.39, 0.29) is 18.1 Å². The highest BCUT2D eigenvalue weighted by molar-refractivity contribution is 8.00. The standard InChI is InChI=1S/C19H18N2O6S/c1-11(22)27-9-13-10-28-18-15(17(24)21(18)16(13)19(25)26)20-14(23)8-7-12-5-3-2-4-6-12/h2-8,15,18H,9-10H2,1H3,(H,20,23)(H,25,26)/b8-7+/t15-,18-/m1/s1. The number of carbonyl (C=O) groups excluding carboxylic acids is 3. The lowest BCUT2D eigenvalue weighted by Crippen LogP contribution is -2.70. The lowest BCUT2D eigenvalue weighted by atomic mass is 10.0. The van der Waals surface area contributed by atoms with Crippen molar-refractivity contribution in [3.05, 3.63) is 53.2 Å². The number of nitrogens with one attached hydrogen (secondary N) is 1. The van der Waals surface area contributed by atoms with Crippen LogP contribution in [0.25, 0.3) is 6.08 Å². The number of aliphatic carboxylic acids is 1. The molecule has 3 rings (SSSR count). The van der Waals surface area contributed by atoms with Crippen LogP contribution in [0.5, 0.6) is 0 Å². The molecule has 0 unspecified atom stereocenters. The van der Waals surface area contributed by atoms with Crippen molar-refractivity contribution in [2.75, 3.05) is 12.4 Å². The average Bonchev–Trinajstić information content (AvgIpc) is 2.68. The monoisotopic (exact) mass is 402 g/mol. The van der Waals surface area contributed by atoms with Crippen molar-refractivity contribution in [1.29, 1.82) is 0 Å². The first kappa shape index (κ1) is 19.7. The van der Waals surface area contributed by atoms with Crippen LogP contribution in [-0.4, -0.2) is 57.5 Å². The molecule has 2 aliphatic rings. The molecule has 1 aromatic rings. The fraction of sp³-hybridized carbons (Fsp3) is 0.263. The minimum Gasteiger partial charge on any atom is -0.477 e. The van der Waals surface area contributed by atoms with E-state index in [1.54, 1.807) is 6.08 Å². The summed E-state index contributed by atoms with van der Waals surface area (Å²) in [5.41, 5.74) is 1.02. The van der Waals surface area contributed by atoms with Crippen molar-refractivity contribution in [2.45, 2.75) is 18.3 Å². The summed E-state index contributed by atoms with van der Waals surface area (Å²) >= 11 is 1.32. The minimum atomic E-state index is -1.27. The number of hydrogen-bond donors (Lipinski definition) is 2. The summed E-state index contributed by atoms with van der Waals surface area (Å²) < 4.78 is 4.88. The summed E-state index contributed by atoms with van der Waals surface area (Å²) in [4.78, 5) is 48.4. The Labute approximate surface area is 165 Å². The fourth-order valence-corrected chi connectivity index (χ4v) is 4.25. The van der Waals surface area contributed by atoms with E-state index in [2.05, 4.69) is 5.32 Å². The second-order valence-corrected chi connectivity index (χ2v) is 7.28. The molecule has 2 atom stereocenters. The van der Waals surface area contributed by atoms with E-state index in [9.17, 15) is 24.3 Å². The Morgan fingerprint density at radius 2 is 2.04 bits per heavy atom. The van der Waals surface area contributed by atoms with E-state index in [1.165, 1.54) is 24.8 Å². The summed E-state index contributed by atoms with van der Waals surface area (Å²) in [5.74, 6) is -2.45. The van der Waals surface area contributed by atoms with Crippen molar-refractivity contribution in [3.8, 4) is 0 Å². The van der Waals surface area contributed by atoms with Crippen molar-refractivity contribution < 1.29 is 29.0 Å². The molecule has 1 aromatic carbocycles. The highest BCUT2D eigenvalue weighted by Gasteiger charge is 2.54. The zero-order valence-corrected chi connectivity index (χ0v) is 15.8. The molecule has 146 valence electrons. The Kier molecular flexibility index (Phi) is 5.84. The Morgan fingerprint density at radius 3 is 2.68 bits per heavy atom. The number of hydrogen-bond acceptors (Lipinski definition) is 6. The van der Waals surface area contributed by atoms with E-state index in [4.69, 9.17) is 4.74 Å². The zero-order chi connectivity index (χ0) is 20.3. The molecule has 28 heavy (non-hydrogen) atoms. The molecule has 1 fully saturated rings. The van der Waals surface area contributed by atoms with Crippen molar-refractivity contribution in [3.63, 3.8) is 0 Å². The average molecular weight is 402 g/mol. The number of benzene rings is 1. The SMILES string of the molecule is CC(=O)OCC1=C(C(=O)O)N2C(=O)[C@@H](NC(=O)/C=C/c3ccccc3)[C@H]2SC1. The van der Waals surface area contributed by atoms with E-state index >= 15 is 0 Å². The maximum absolute atomic E-state index is 12.5. The number of amides is 2. The fourth-order valence-electron chi connectivity index (χ4n) is 2.92. The minimum absolute atomic E-state index is 0.180. The van der Waals surface area contributed by atoms with Crippen LogP contribution in [0.3, 0.4) is 0 Å². The molecule has 2 N–H and O–H groups in total. The molecular formula is C19H18N2O6S. The highest BCUT2D eigenvalue weighted by Crippen LogP contribution is 2.40. The largest absolute Gasteiger partial charge is 0.477 e. The molecule has 0 saturated carbocycles. The summed E-state index contributed by atoms with van der Waals surface area (Å²) in [5, 5.41) is 11.6. The van der Waals surface area contributed by atoms with Gasteiger partial charge in [-0.15, -0.1) is 11.8 Å². The van der Waals surface area contributed by atoms with Crippen molar-refractivity contribution >= 4 is 41.6 Å². The molecule has 8 nitrogen and oxygen atoms in total. The lowest BCUT2D eigenvalue weighted by molar-refractivity contribution is -0.150. The van der Waals surface area contributed by atoms with Crippen LogP contribution < -0.4 is 5.32 Å². The van der Waals surface area contributed by atoms with E-state index in [0.717, 1.165) is 10.5 Å². The number of β-lactam (4-membered cyclic amide) rings is 1. The summed E-state index contributed by atoms with van der Waals surface area (Å²) in [6, 6.07) is 8.43. The second-order valence-electron chi connectivity index (χ2n) is 6.18. The quantitative estimate of drug-likeness (QED) is 0.415. The topological polar surface area (TPSA) is 113 Å². The first-order valence-electron chi connectivity index (χ1n) is 8.45. The normalized spacial score (nSPS) is 21.2. The van der Waals surface area contributed by atoms with Gasteiger partial charge in [0.15, 0.2) is 0 Å². The molecule has 0 bridgehead atoms. The molecule has 1 saturated heterocycles. The van der Waals surface area contributed by atoms with E-state index in [0.29, 0.717) is 5.57 Å². The van der Waals surface area contributed by atoms with Crippen LogP contribution >= 0.6 is 11.8 Å². The molecular weight excluding hydrogens is 384 g/mol. The number of fused-ring (bicyclic) bond motifs is 1. The van der Waals surface area contributed by atoms with Gasteiger partial charge in [0.2, 0.25) is 5.91 Å². The predicted molar refractivity (Wildman–Crippen MR) is 102 cm³/mol. The lowest BCUT2D eigenvalue weighted by Gasteiger charge is -2.49. The number of carboxylic acids is 1. The van der Waals surface area contributed by atoms with Gasteiger partial charge in [-0.3, -0.25) is 19.3 Å². The Balaban J connectivity index is 1.68. The number of thioether (sulfide) groups is 1. The number of carbonyl (C=O) groups is 4. The predicted octanol–water partition coefficient (Wildman–Crippen LogP) is 1.00. The molecule has 2 amide bonds. The van der Waals surface area contributed by atoms with Crippen LogP contribution in [0.15, 0.2) is 47.7 Å². The third-order valence-corrected chi connectivity index (χ3v) is 5.56. The smallest absolute Gasteiger partial charge is 0.352 e. The van der Waals surface area contributed by atoms with Crippen LogP contribution in [-0.2, 0) is 23.9 Å². The maximum atomic E-state index is 12.5. The number of rotatable bonds is 6. The highest BCUT2D eigenvalue weighted by atomic mass is 32.2. The van der Waals surface area contributed by atoms with Crippen LogP contribution in [0.2, 0.25) is 0 Å². The number of ether oxygens (including phenoxy) is 1. The van der Waals surface area contributed by atoms with Crippen LogP contribution in [0.1, 0.15) is 12.5 Å². The summed E-state index contributed by atoms with van der Waals surface area (Å²) in [6.45, 7) is 1.04. The molecule has 9 heteroatoms. The number of nitrogens with zero attached hydrogens (tertiary/aromatic N) is 1.